The van der Waals surface area contributed by atoms with Gasteiger partial charge in [-0.05, 0) is 49.4 Å². The average Bonchev–Trinajstić information content (AvgIpc) is 2.40. The molecule has 0 radical (unpaired) electrons. The molecule has 3 nitrogen and oxygen atoms in total. The largest absolute Gasteiger partial charge is 0.393 e. The molecule has 2 unspecified atom stereocenters. The highest BCUT2D eigenvalue weighted by atomic mass is 16.3. The van der Waals surface area contributed by atoms with Gasteiger partial charge in [0.05, 0.1) is 17.7 Å². The molecule has 0 spiro atoms. The summed E-state index contributed by atoms with van der Waals surface area (Å²) in [6.45, 7) is 1.80. The first-order valence-electron chi connectivity index (χ1n) is 6.66. The number of hydrogen-bond donors (Lipinski definition) is 2. The van der Waals surface area contributed by atoms with Crippen LogP contribution in [-0.2, 0) is 6.54 Å². The minimum absolute atomic E-state index is 0.0968. The van der Waals surface area contributed by atoms with Crippen LogP contribution in [0.15, 0.2) is 24.3 Å². The second-order valence-corrected chi connectivity index (χ2v) is 5.13. The van der Waals surface area contributed by atoms with E-state index < -0.39 is 0 Å². The van der Waals surface area contributed by atoms with Gasteiger partial charge in [-0.1, -0.05) is 18.6 Å². The van der Waals surface area contributed by atoms with Crippen LogP contribution >= 0.6 is 0 Å². The van der Waals surface area contributed by atoms with Gasteiger partial charge in [-0.15, -0.1) is 0 Å². The summed E-state index contributed by atoms with van der Waals surface area (Å²) < 4.78 is 0. The Morgan fingerprint density at radius 1 is 1.28 bits per heavy atom. The maximum absolute atomic E-state index is 9.60. The normalized spacial score (nSPS) is 23.6. The van der Waals surface area contributed by atoms with Crippen molar-refractivity contribution in [2.45, 2.75) is 38.3 Å². The molecule has 1 aliphatic carbocycles. The number of hydrogen-bond acceptors (Lipinski definition) is 3. The average molecular weight is 244 g/mol. The molecule has 1 aromatic carbocycles. The molecule has 1 fully saturated rings. The fourth-order valence-corrected chi connectivity index (χ4v) is 2.57. The Labute approximate surface area is 108 Å². The molecule has 0 saturated heterocycles. The summed E-state index contributed by atoms with van der Waals surface area (Å²) in [4.78, 5) is 0. The van der Waals surface area contributed by atoms with E-state index in [9.17, 15) is 5.11 Å². The lowest BCUT2D eigenvalue weighted by atomic mass is 9.87. The fraction of sp³-hybridized carbons (Fsp3) is 0.533. The number of benzene rings is 1. The molecule has 1 aromatic rings. The van der Waals surface area contributed by atoms with Crippen LogP contribution in [0.4, 0.5) is 0 Å². The van der Waals surface area contributed by atoms with Crippen LogP contribution in [0.25, 0.3) is 0 Å². The molecule has 18 heavy (non-hydrogen) atoms. The fourth-order valence-electron chi connectivity index (χ4n) is 2.57. The number of nitrogens with zero attached hydrogens (tertiary/aromatic N) is 1. The van der Waals surface area contributed by atoms with Crippen molar-refractivity contribution in [3.05, 3.63) is 35.4 Å². The van der Waals surface area contributed by atoms with Crippen LogP contribution < -0.4 is 5.32 Å². The molecule has 96 valence electrons. The molecule has 2 rings (SSSR count). The first kappa shape index (κ1) is 13.1. The van der Waals surface area contributed by atoms with Gasteiger partial charge in [-0.2, -0.15) is 5.26 Å². The zero-order valence-electron chi connectivity index (χ0n) is 10.6. The molecular formula is C15H20N2O. The first-order valence-corrected chi connectivity index (χ1v) is 6.66. The van der Waals surface area contributed by atoms with Gasteiger partial charge in [0.15, 0.2) is 0 Å². The van der Waals surface area contributed by atoms with Gasteiger partial charge < -0.3 is 10.4 Å². The Morgan fingerprint density at radius 3 is 2.72 bits per heavy atom. The summed E-state index contributed by atoms with van der Waals surface area (Å²) in [6.07, 6.45) is 4.16. The second kappa shape index (κ2) is 6.53. The zero-order chi connectivity index (χ0) is 12.8. The summed E-state index contributed by atoms with van der Waals surface area (Å²) >= 11 is 0. The van der Waals surface area contributed by atoms with E-state index in [4.69, 9.17) is 5.26 Å². The minimum atomic E-state index is -0.0968. The van der Waals surface area contributed by atoms with E-state index in [0.29, 0.717) is 11.5 Å². The number of nitriles is 1. The van der Waals surface area contributed by atoms with E-state index in [-0.39, 0.29) is 6.10 Å². The summed E-state index contributed by atoms with van der Waals surface area (Å²) in [6, 6.07) is 9.79. The predicted molar refractivity (Wildman–Crippen MR) is 70.8 cm³/mol. The Morgan fingerprint density at radius 2 is 2.06 bits per heavy atom. The Balaban J connectivity index is 1.72. The molecule has 0 amide bonds. The zero-order valence-corrected chi connectivity index (χ0v) is 10.6. The van der Waals surface area contributed by atoms with Crippen LogP contribution in [0.3, 0.4) is 0 Å². The van der Waals surface area contributed by atoms with Gasteiger partial charge in [-0.3, -0.25) is 0 Å². The molecule has 0 heterocycles. The monoisotopic (exact) mass is 244 g/mol. The molecule has 2 atom stereocenters. The van der Waals surface area contributed by atoms with Crippen LogP contribution in [0, 0.1) is 17.2 Å². The molecule has 3 heteroatoms. The number of aliphatic hydroxyl groups is 1. The summed E-state index contributed by atoms with van der Waals surface area (Å²) in [5, 5.41) is 21.7. The first-order chi connectivity index (χ1) is 8.78. The number of aliphatic hydroxyl groups excluding tert-OH is 1. The van der Waals surface area contributed by atoms with Crippen LogP contribution in [0.2, 0.25) is 0 Å². The number of rotatable bonds is 4. The highest BCUT2D eigenvalue weighted by molar-refractivity contribution is 5.31. The third-order valence-electron chi connectivity index (χ3n) is 3.60. The van der Waals surface area contributed by atoms with Crippen LogP contribution in [0.5, 0.6) is 0 Å². The van der Waals surface area contributed by atoms with Crippen LogP contribution in [-0.4, -0.2) is 17.8 Å². The summed E-state index contributed by atoms with van der Waals surface area (Å²) in [5.74, 6) is 0.604. The molecule has 1 aliphatic rings. The van der Waals surface area contributed by atoms with Crippen molar-refractivity contribution in [2.24, 2.45) is 5.92 Å². The molecule has 1 saturated carbocycles. The highest BCUT2D eigenvalue weighted by Crippen LogP contribution is 2.23. The van der Waals surface area contributed by atoms with Gasteiger partial charge in [0.25, 0.3) is 0 Å². The lowest BCUT2D eigenvalue weighted by Crippen LogP contribution is -2.28. The summed E-state index contributed by atoms with van der Waals surface area (Å²) in [7, 11) is 0. The van der Waals surface area contributed by atoms with E-state index >= 15 is 0 Å². The van der Waals surface area contributed by atoms with Crippen molar-refractivity contribution in [1.82, 2.24) is 5.32 Å². The Kier molecular flexibility index (Phi) is 4.74. The highest BCUT2D eigenvalue weighted by Gasteiger charge is 2.19. The molecule has 2 N–H and O–H groups in total. The lowest BCUT2D eigenvalue weighted by Gasteiger charge is -2.26. The Hall–Kier alpha value is -1.37. The Bertz CT molecular complexity index is 407. The maximum Gasteiger partial charge on any atom is 0.0991 e. The van der Waals surface area contributed by atoms with E-state index in [2.05, 4.69) is 11.4 Å². The van der Waals surface area contributed by atoms with Gasteiger partial charge in [0.1, 0.15) is 0 Å². The molecule has 0 aromatic heterocycles. The van der Waals surface area contributed by atoms with Crippen molar-refractivity contribution >= 4 is 0 Å². The SMILES string of the molecule is N#Cc1ccc(CNCC2CCCC(O)C2)cc1. The number of nitrogens with one attached hydrogen (secondary N) is 1. The molecular weight excluding hydrogens is 224 g/mol. The van der Waals surface area contributed by atoms with E-state index in [1.165, 1.54) is 12.0 Å². The summed E-state index contributed by atoms with van der Waals surface area (Å²) in [5.41, 5.74) is 1.90. The predicted octanol–water partition coefficient (Wildman–Crippen LogP) is 2.20. The van der Waals surface area contributed by atoms with Crippen LogP contribution in [0.1, 0.15) is 36.8 Å². The van der Waals surface area contributed by atoms with Crippen molar-refractivity contribution < 1.29 is 5.11 Å². The minimum Gasteiger partial charge on any atom is -0.393 e. The van der Waals surface area contributed by atoms with Crippen molar-refractivity contribution in [2.75, 3.05) is 6.54 Å². The van der Waals surface area contributed by atoms with Gasteiger partial charge in [0.2, 0.25) is 0 Å². The maximum atomic E-state index is 9.60. The molecule has 0 bridgehead atoms. The van der Waals surface area contributed by atoms with Gasteiger partial charge >= 0.3 is 0 Å². The quantitative estimate of drug-likeness (QED) is 0.853. The van der Waals surface area contributed by atoms with E-state index in [1.807, 2.05) is 24.3 Å². The van der Waals surface area contributed by atoms with E-state index in [0.717, 1.165) is 32.4 Å². The third kappa shape index (κ3) is 3.83. The van der Waals surface area contributed by atoms with Gasteiger partial charge in [0, 0.05) is 6.54 Å². The topological polar surface area (TPSA) is 56.0 Å². The lowest BCUT2D eigenvalue weighted by molar-refractivity contribution is 0.101. The van der Waals surface area contributed by atoms with Crippen molar-refractivity contribution in [1.29, 1.82) is 5.26 Å². The van der Waals surface area contributed by atoms with Gasteiger partial charge in [-0.25, -0.2) is 0 Å². The molecule has 0 aliphatic heterocycles. The third-order valence-corrected chi connectivity index (χ3v) is 3.60. The van der Waals surface area contributed by atoms with E-state index in [1.54, 1.807) is 0 Å². The smallest absolute Gasteiger partial charge is 0.0991 e. The standard InChI is InChI=1S/C15H20N2O/c16-9-12-4-6-13(7-5-12)10-17-11-14-2-1-3-15(18)8-14/h4-7,14-15,17-18H,1-3,8,10-11H2. The van der Waals surface area contributed by atoms with Crippen molar-refractivity contribution in [3.63, 3.8) is 0 Å². The van der Waals surface area contributed by atoms with Crippen molar-refractivity contribution in [3.8, 4) is 6.07 Å². The second-order valence-electron chi connectivity index (χ2n) is 5.13.